The molecule has 0 unspecified atom stereocenters. The number of rotatable bonds is 2. The third-order valence-electron chi connectivity index (χ3n) is 1.74. The number of benzene rings is 1. The molecule has 0 saturated heterocycles. The molecule has 0 fully saturated rings. The summed E-state index contributed by atoms with van der Waals surface area (Å²) in [4.78, 5) is 0. The molecular weight excluding hydrogens is 269 g/mol. The summed E-state index contributed by atoms with van der Waals surface area (Å²) in [7, 11) is -2.21. The minimum absolute atomic E-state index is 0.385. The fraction of sp³-hybridized carbons (Fsp3) is 0.333. The van der Waals surface area contributed by atoms with E-state index in [1.54, 1.807) is 25.3 Å². The molecule has 2 nitrogen and oxygen atoms in total. The average molecular weight is 280 g/mol. The Morgan fingerprint density at radius 3 is 2.71 bits per heavy atom. The zero-order valence-electron chi connectivity index (χ0n) is 7.96. The van der Waals surface area contributed by atoms with Crippen LogP contribution in [0.2, 0.25) is 0 Å². The average Bonchev–Trinajstić information content (AvgIpc) is 2.11. The molecule has 0 heterocycles. The maximum absolute atomic E-state index is 13.1. The molecule has 0 bridgehead atoms. The second-order valence-electron chi connectivity index (χ2n) is 2.94. The lowest BCUT2D eigenvalue weighted by molar-refractivity contribution is 0.621. The van der Waals surface area contributed by atoms with Crippen LogP contribution in [0.4, 0.5) is 10.1 Å². The van der Waals surface area contributed by atoms with Crippen LogP contribution in [0.5, 0.6) is 0 Å². The van der Waals surface area contributed by atoms with E-state index in [4.69, 9.17) is 0 Å². The summed E-state index contributed by atoms with van der Waals surface area (Å²) < 4.78 is 29.0. The van der Waals surface area contributed by atoms with E-state index in [-0.39, 0.29) is 0 Å². The van der Waals surface area contributed by atoms with Crippen molar-refractivity contribution in [3.8, 4) is 0 Å². The van der Waals surface area contributed by atoms with Gasteiger partial charge in [-0.1, -0.05) is 6.92 Å². The highest BCUT2D eigenvalue weighted by Gasteiger charge is 2.02. The summed E-state index contributed by atoms with van der Waals surface area (Å²) >= 11 is 3.04. The van der Waals surface area contributed by atoms with Crippen molar-refractivity contribution in [1.82, 2.24) is 0 Å². The molecule has 0 aromatic heterocycles. The molecule has 0 aliphatic carbocycles. The van der Waals surface area contributed by atoms with E-state index in [9.17, 15) is 8.60 Å². The summed E-state index contributed by atoms with van der Waals surface area (Å²) in [5.74, 6) is 0.0718. The first-order valence-corrected chi connectivity index (χ1v) is 6.98. The summed E-state index contributed by atoms with van der Waals surface area (Å²) in [6, 6.07) is 4.45. The normalized spacial score (nSPS) is 14.9. The first-order valence-electron chi connectivity index (χ1n) is 4.09. The van der Waals surface area contributed by atoms with Crippen LogP contribution >= 0.6 is 15.9 Å². The molecule has 0 amide bonds. The number of nitrogens with zero attached hydrogens (tertiary/aromatic N) is 1. The Morgan fingerprint density at radius 1 is 1.57 bits per heavy atom. The Bertz CT molecular complexity index is 452. The minimum Gasteiger partial charge on any atom is -0.250 e. The Balaban J connectivity index is 3.18. The number of hydrogen-bond donors (Lipinski definition) is 0. The van der Waals surface area contributed by atoms with Crippen LogP contribution < -0.4 is 0 Å². The third-order valence-corrected chi connectivity index (χ3v) is 4.05. The molecule has 1 atom stereocenters. The van der Waals surface area contributed by atoms with Crippen molar-refractivity contribution in [1.29, 1.82) is 0 Å². The van der Waals surface area contributed by atoms with Crippen LogP contribution in [0, 0.1) is 5.82 Å². The lowest BCUT2D eigenvalue weighted by atomic mass is 10.3. The Morgan fingerprint density at radius 2 is 2.21 bits per heavy atom. The van der Waals surface area contributed by atoms with E-state index in [0.717, 1.165) is 0 Å². The minimum atomic E-state index is -2.21. The predicted octanol–water partition coefficient (Wildman–Crippen LogP) is 3.34. The summed E-state index contributed by atoms with van der Waals surface area (Å²) in [5, 5.41) is 0. The topological polar surface area (TPSA) is 29.4 Å². The molecule has 0 aliphatic rings. The molecule has 1 rings (SSSR count). The highest BCUT2D eigenvalue weighted by Crippen LogP contribution is 2.22. The standard InChI is InChI=1S/C9H11BrFNOS/c1-3-14(2,13)12-7-4-5-8(10)9(11)6-7/h4-6H,3H2,1-2H3/t14-/m1/s1. The van der Waals surface area contributed by atoms with Crippen molar-refractivity contribution in [2.45, 2.75) is 6.92 Å². The smallest absolute Gasteiger partial charge is 0.139 e. The first-order chi connectivity index (χ1) is 6.44. The van der Waals surface area contributed by atoms with Crippen molar-refractivity contribution in [3.05, 3.63) is 28.5 Å². The second-order valence-corrected chi connectivity index (χ2v) is 6.47. The van der Waals surface area contributed by atoms with Gasteiger partial charge in [-0.3, -0.25) is 0 Å². The highest BCUT2D eigenvalue weighted by molar-refractivity contribution is 9.10. The van der Waals surface area contributed by atoms with E-state index < -0.39 is 15.5 Å². The van der Waals surface area contributed by atoms with E-state index in [0.29, 0.717) is 15.9 Å². The maximum Gasteiger partial charge on any atom is 0.139 e. The van der Waals surface area contributed by atoms with Crippen LogP contribution in [-0.2, 0) is 9.73 Å². The van der Waals surface area contributed by atoms with Crippen LogP contribution in [0.3, 0.4) is 0 Å². The zero-order valence-corrected chi connectivity index (χ0v) is 10.4. The molecule has 14 heavy (non-hydrogen) atoms. The van der Waals surface area contributed by atoms with Gasteiger partial charge in [-0.15, -0.1) is 0 Å². The van der Waals surface area contributed by atoms with Gasteiger partial charge >= 0.3 is 0 Å². The summed E-state index contributed by atoms with van der Waals surface area (Å²) in [6.45, 7) is 1.79. The van der Waals surface area contributed by atoms with Crippen molar-refractivity contribution in [2.24, 2.45) is 4.36 Å². The van der Waals surface area contributed by atoms with Gasteiger partial charge in [-0.05, 0) is 28.1 Å². The van der Waals surface area contributed by atoms with Gasteiger partial charge in [0.2, 0.25) is 0 Å². The summed E-state index contributed by atoms with van der Waals surface area (Å²) in [6.07, 6.45) is 1.56. The van der Waals surface area contributed by atoms with Crippen LogP contribution in [0.15, 0.2) is 27.0 Å². The molecule has 1 aromatic carbocycles. The van der Waals surface area contributed by atoms with Gasteiger partial charge in [0.15, 0.2) is 0 Å². The largest absolute Gasteiger partial charge is 0.250 e. The van der Waals surface area contributed by atoms with Crippen LogP contribution in [0.25, 0.3) is 0 Å². The molecule has 78 valence electrons. The van der Waals surface area contributed by atoms with Crippen LogP contribution in [-0.4, -0.2) is 16.2 Å². The molecule has 0 N–H and O–H groups in total. The number of hydrogen-bond acceptors (Lipinski definition) is 2. The monoisotopic (exact) mass is 279 g/mol. The third kappa shape index (κ3) is 3.06. The highest BCUT2D eigenvalue weighted by atomic mass is 79.9. The van der Waals surface area contributed by atoms with Gasteiger partial charge in [0.25, 0.3) is 0 Å². The predicted molar refractivity (Wildman–Crippen MR) is 60.8 cm³/mol. The van der Waals surface area contributed by atoms with Crippen molar-refractivity contribution in [2.75, 3.05) is 12.0 Å². The zero-order chi connectivity index (χ0) is 10.8. The molecular formula is C9H11BrFNOS. The SMILES string of the molecule is CC[S@@](C)(=O)=Nc1ccc(Br)c(F)c1. The van der Waals surface area contributed by atoms with Gasteiger partial charge in [-0.2, -0.15) is 4.36 Å². The fourth-order valence-corrected chi connectivity index (χ4v) is 1.76. The van der Waals surface area contributed by atoms with Gasteiger partial charge in [0, 0.05) is 27.8 Å². The lowest BCUT2D eigenvalue weighted by Gasteiger charge is -2.00. The van der Waals surface area contributed by atoms with E-state index in [1.807, 2.05) is 0 Å². The van der Waals surface area contributed by atoms with Crippen molar-refractivity contribution < 1.29 is 8.60 Å². The van der Waals surface area contributed by atoms with Gasteiger partial charge in [0.05, 0.1) is 10.2 Å². The molecule has 0 radical (unpaired) electrons. The Labute approximate surface area is 91.8 Å². The number of halogens is 2. The van der Waals surface area contributed by atoms with Gasteiger partial charge in [-0.25, -0.2) is 8.60 Å². The summed E-state index contributed by atoms with van der Waals surface area (Å²) in [5.41, 5.74) is 0.417. The van der Waals surface area contributed by atoms with Crippen molar-refractivity contribution >= 4 is 31.3 Å². The molecule has 0 spiro atoms. The van der Waals surface area contributed by atoms with Crippen molar-refractivity contribution in [3.63, 3.8) is 0 Å². The molecule has 5 heteroatoms. The van der Waals surface area contributed by atoms with E-state index in [1.165, 1.54) is 6.07 Å². The molecule has 0 saturated carbocycles. The second kappa shape index (κ2) is 4.40. The van der Waals surface area contributed by atoms with Gasteiger partial charge in [0.1, 0.15) is 5.82 Å². The molecule has 1 aromatic rings. The van der Waals surface area contributed by atoms with Crippen LogP contribution in [0.1, 0.15) is 6.92 Å². The van der Waals surface area contributed by atoms with E-state index in [2.05, 4.69) is 20.3 Å². The Kier molecular flexibility index (Phi) is 3.66. The quantitative estimate of drug-likeness (QED) is 0.817. The van der Waals surface area contributed by atoms with E-state index >= 15 is 0 Å². The maximum atomic E-state index is 13.1. The fourth-order valence-electron chi connectivity index (χ4n) is 0.829. The lowest BCUT2D eigenvalue weighted by Crippen LogP contribution is -1.97. The van der Waals surface area contributed by atoms with Gasteiger partial charge < -0.3 is 0 Å². The Hall–Kier alpha value is -0.420. The first kappa shape index (κ1) is 11.7. The molecule has 0 aliphatic heterocycles.